The van der Waals surface area contributed by atoms with Crippen molar-refractivity contribution in [2.45, 2.75) is 58.7 Å². The molecular formula is C19H33N3O2. The first kappa shape index (κ1) is 20.5. The van der Waals surface area contributed by atoms with Gasteiger partial charge in [-0.1, -0.05) is 44.2 Å². The number of carbonyl (C=O) groups excluding carboxylic acids is 1. The molecule has 0 unspecified atom stereocenters. The Labute approximate surface area is 146 Å². The molecule has 0 saturated heterocycles. The SMILES string of the molecule is CC(C)CN(C[C@@H](O)[C@@H](N)Cc1ccccc1)C(=O)NC(C)(C)C. The lowest BCUT2D eigenvalue weighted by Crippen LogP contribution is -2.53. The predicted octanol–water partition coefficient (Wildman–Crippen LogP) is 2.38. The molecule has 4 N–H and O–H groups in total. The molecule has 24 heavy (non-hydrogen) atoms. The number of aliphatic hydroxyl groups excluding tert-OH is 1. The van der Waals surface area contributed by atoms with Crippen LogP contribution in [0.5, 0.6) is 0 Å². The van der Waals surface area contributed by atoms with Crippen molar-refractivity contribution in [3.05, 3.63) is 35.9 Å². The molecule has 0 spiro atoms. The standard InChI is InChI=1S/C19H33N3O2/c1-14(2)12-22(18(24)21-19(3,4)5)13-17(23)16(20)11-15-9-7-6-8-10-15/h6-10,14,16-17,23H,11-13,20H2,1-5H3,(H,21,24)/t16-,17+/m0/s1. The summed E-state index contributed by atoms with van der Waals surface area (Å²) in [6.07, 6.45) is -0.187. The molecular weight excluding hydrogens is 302 g/mol. The number of aliphatic hydroxyl groups is 1. The fraction of sp³-hybridized carbons (Fsp3) is 0.632. The third kappa shape index (κ3) is 7.79. The second kappa shape index (κ2) is 9.04. The van der Waals surface area contributed by atoms with Crippen LogP contribution in [-0.4, -0.2) is 46.8 Å². The summed E-state index contributed by atoms with van der Waals surface area (Å²) in [5.41, 5.74) is 6.91. The maximum absolute atomic E-state index is 12.5. The average Bonchev–Trinajstić information content (AvgIpc) is 2.45. The van der Waals surface area contributed by atoms with E-state index in [9.17, 15) is 9.90 Å². The largest absolute Gasteiger partial charge is 0.390 e. The van der Waals surface area contributed by atoms with Crippen LogP contribution < -0.4 is 11.1 Å². The fourth-order valence-electron chi connectivity index (χ4n) is 2.46. The highest BCUT2D eigenvalue weighted by Crippen LogP contribution is 2.09. The number of hydrogen-bond donors (Lipinski definition) is 3. The van der Waals surface area contributed by atoms with Crippen molar-refractivity contribution >= 4 is 6.03 Å². The van der Waals surface area contributed by atoms with Crippen LogP contribution in [0.2, 0.25) is 0 Å². The Morgan fingerprint density at radius 2 is 1.79 bits per heavy atom. The lowest BCUT2D eigenvalue weighted by atomic mass is 10.0. The first-order valence-electron chi connectivity index (χ1n) is 8.63. The van der Waals surface area contributed by atoms with Gasteiger partial charge in [0.25, 0.3) is 0 Å². The smallest absolute Gasteiger partial charge is 0.317 e. The van der Waals surface area contributed by atoms with Crippen LogP contribution in [0.25, 0.3) is 0 Å². The molecule has 0 aliphatic carbocycles. The van der Waals surface area contributed by atoms with Crippen LogP contribution in [-0.2, 0) is 6.42 Å². The second-order valence-electron chi connectivity index (χ2n) is 7.90. The molecule has 0 bridgehead atoms. The van der Waals surface area contributed by atoms with Gasteiger partial charge in [0.1, 0.15) is 0 Å². The Bertz CT molecular complexity index is 497. The van der Waals surface area contributed by atoms with Gasteiger partial charge in [-0.3, -0.25) is 0 Å². The zero-order chi connectivity index (χ0) is 18.3. The van der Waals surface area contributed by atoms with E-state index < -0.39 is 12.1 Å². The molecule has 1 aromatic carbocycles. The van der Waals surface area contributed by atoms with Crippen LogP contribution in [0.1, 0.15) is 40.2 Å². The summed E-state index contributed by atoms with van der Waals surface area (Å²) in [6.45, 7) is 10.7. The lowest BCUT2D eigenvalue weighted by molar-refractivity contribution is 0.0938. The molecule has 5 heteroatoms. The molecule has 0 saturated carbocycles. The Hall–Kier alpha value is -1.59. The number of benzene rings is 1. The van der Waals surface area contributed by atoms with Crippen molar-refractivity contribution in [2.75, 3.05) is 13.1 Å². The summed E-state index contributed by atoms with van der Waals surface area (Å²) >= 11 is 0. The normalized spacial score (nSPS) is 14.3. The minimum Gasteiger partial charge on any atom is -0.390 e. The van der Waals surface area contributed by atoms with E-state index in [-0.39, 0.29) is 18.1 Å². The van der Waals surface area contributed by atoms with Crippen LogP contribution in [0.3, 0.4) is 0 Å². The highest BCUT2D eigenvalue weighted by Gasteiger charge is 2.25. The fourth-order valence-corrected chi connectivity index (χ4v) is 2.46. The van der Waals surface area contributed by atoms with Crippen molar-refractivity contribution in [3.63, 3.8) is 0 Å². The van der Waals surface area contributed by atoms with E-state index in [1.165, 1.54) is 0 Å². The van der Waals surface area contributed by atoms with E-state index in [2.05, 4.69) is 5.32 Å². The third-order valence-electron chi connectivity index (χ3n) is 3.57. The highest BCUT2D eigenvalue weighted by atomic mass is 16.3. The number of urea groups is 1. The van der Waals surface area contributed by atoms with Gasteiger partial charge in [0.2, 0.25) is 0 Å². The first-order chi connectivity index (χ1) is 11.1. The monoisotopic (exact) mass is 335 g/mol. The molecule has 0 fully saturated rings. The topological polar surface area (TPSA) is 78.6 Å². The molecule has 2 amide bonds. The van der Waals surface area contributed by atoms with E-state index in [0.717, 1.165) is 5.56 Å². The van der Waals surface area contributed by atoms with Crippen molar-refractivity contribution in [1.82, 2.24) is 10.2 Å². The molecule has 2 atom stereocenters. The van der Waals surface area contributed by atoms with E-state index in [1.54, 1.807) is 4.90 Å². The average molecular weight is 335 g/mol. The zero-order valence-electron chi connectivity index (χ0n) is 15.6. The van der Waals surface area contributed by atoms with Gasteiger partial charge < -0.3 is 21.1 Å². The summed E-state index contributed by atoms with van der Waals surface area (Å²) < 4.78 is 0. The highest BCUT2D eigenvalue weighted by molar-refractivity contribution is 5.75. The number of hydrogen-bond acceptors (Lipinski definition) is 3. The molecule has 0 heterocycles. The maximum atomic E-state index is 12.5. The van der Waals surface area contributed by atoms with Crippen molar-refractivity contribution < 1.29 is 9.90 Å². The number of rotatable bonds is 7. The summed E-state index contributed by atoms with van der Waals surface area (Å²) in [5.74, 6) is 0.313. The molecule has 1 aromatic rings. The van der Waals surface area contributed by atoms with Crippen LogP contribution in [0.15, 0.2) is 30.3 Å². The number of amides is 2. The van der Waals surface area contributed by atoms with E-state index in [4.69, 9.17) is 5.73 Å². The second-order valence-corrected chi connectivity index (χ2v) is 7.90. The maximum Gasteiger partial charge on any atom is 0.317 e. The summed E-state index contributed by atoms with van der Waals surface area (Å²) in [7, 11) is 0. The minimum atomic E-state index is -0.769. The first-order valence-corrected chi connectivity index (χ1v) is 8.63. The third-order valence-corrected chi connectivity index (χ3v) is 3.57. The van der Waals surface area contributed by atoms with E-state index in [0.29, 0.717) is 18.9 Å². The van der Waals surface area contributed by atoms with Gasteiger partial charge in [-0.05, 0) is 38.7 Å². The number of nitrogens with zero attached hydrogens (tertiary/aromatic N) is 1. The summed E-state index contributed by atoms with van der Waals surface area (Å²) in [5, 5.41) is 13.4. The molecule has 136 valence electrons. The Morgan fingerprint density at radius 3 is 2.29 bits per heavy atom. The van der Waals surface area contributed by atoms with Crippen LogP contribution >= 0.6 is 0 Å². The predicted molar refractivity (Wildman–Crippen MR) is 98.8 cm³/mol. The summed E-state index contributed by atoms with van der Waals surface area (Å²) in [6, 6.07) is 9.26. The lowest BCUT2D eigenvalue weighted by Gasteiger charge is -2.32. The number of carbonyl (C=O) groups is 1. The molecule has 0 radical (unpaired) electrons. The quantitative estimate of drug-likeness (QED) is 0.716. The summed E-state index contributed by atoms with van der Waals surface area (Å²) in [4.78, 5) is 14.1. The van der Waals surface area contributed by atoms with Gasteiger partial charge in [-0.2, -0.15) is 0 Å². The van der Waals surface area contributed by atoms with Crippen LogP contribution in [0, 0.1) is 5.92 Å². The van der Waals surface area contributed by atoms with Gasteiger partial charge in [0, 0.05) is 24.7 Å². The van der Waals surface area contributed by atoms with Gasteiger partial charge >= 0.3 is 6.03 Å². The molecule has 5 nitrogen and oxygen atoms in total. The van der Waals surface area contributed by atoms with E-state index in [1.807, 2.05) is 65.0 Å². The zero-order valence-corrected chi connectivity index (χ0v) is 15.6. The molecule has 1 rings (SSSR count). The van der Waals surface area contributed by atoms with Gasteiger partial charge in [-0.15, -0.1) is 0 Å². The molecule has 0 aromatic heterocycles. The molecule has 0 aliphatic rings. The van der Waals surface area contributed by atoms with Crippen molar-refractivity contribution in [3.8, 4) is 0 Å². The van der Waals surface area contributed by atoms with Gasteiger partial charge in [0.05, 0.1) is 6.10 Å². The number of nitrogens with one attached hydrogen (secondary N) is 1. The van der Waals surface area contributed by atoms with Crippen molar-refractivity contribution in [1.29, 1.82) is 0 Å². The Kier molecular flexibility index (Phi) is 7.70. The Balaban J connectivity index is 2.68. The van der Waals surface area contributed by atoms with E-state index >= 15 is 0 Å². The van der Waals surface area contributed by atoms with Gasteiger partial charge in [-0.25, -0.2) is 4.79 Å². The Morgan fingerprint density at radius 1 is 1.21 bits per heavy atom. The molecule has 0 aliphatic heterocycles. The number of nitrogens with two attached hydrogens (primary N) is 1. The van der Waals surface area contributed by atoms with Crippen molar-refractivity contribution in [2.24, 2.45) is 11.7 Å². The minimum absolute atomic E-state index is 0.165. The van der Waals surface area contributed by atoms with Gasteiger partial charge in [0.15, 0.2) is 0 Å². The van der Waals surface area contributed by atoms with Crippen LogP contribution in [0.4, 0.5) is 4.79 Å².